The molecule has 1 fully saturated rings. The first kappa shape index (κ1) is 12.9. The molecule has 92 valence electrons. The number of carboxylic acid groups (broad SMARTS) is 1. The van der Waals surface area contributed by atoms with E-state index in [2.05, 4.69) is 10.1 Å². The van der Waals surface area contributed by atoms with Gasteiger partial charge >= 0.3 is 5.97 Å². The van der Waals surface area contributed by atoms with Crippen LogP contribution < -0.4 is 5.32 Å². The normalized spacial score (nSPS) is 17.0. The summed E-state index contributed by atoms with van der Waals surface area (Å²) in [6.45, 7) is 1.46. The topological polar surface area (TPSA) is 84.9 Å². The van der Waals surface area contributed by atoms with Crippen molar-refractivity contribution < 1.29 is 24.2 Å². The molecule has 1 aliphatic rings. The fourth-order valence-electron chi connectivity index (χ4n) is 1.49. The highest BCUT2D eigenvalue weighted by molar-refractivity contribution is 5.77. The van der Waals surface area contributed by atoms with Gasteiger partial charge in [0.1, 0.15) is 13.2 Å². The van der Waals surface area contributed by atoms with Gasteiger partial charge in [-0.1, -0.05) is 0 Å². The van der Waals surface area contributed by atoms with Crippen molar-refractivity contribution in [2.24, 2.45) is 5.92 Å². The average molecular weight is 231 g/mol. The maximum absolute atomic E-state index is 11.2. The van der Waals surface area contributed by atoms with Crippen LogP contribution in [0.25, 0.3) is 0 Å². The van der Waals surface area contributed by atoms with Gasteiger partial charge in [0.05, 0.1) is 0 Å². The lowest BCUT2D eigenvalue weighted by Crippen LogP contribution is -2.34. The van der Waals surface area contributed by atoms with Crippen LogP contribution in [0.1, 0.15) is 12.8 Å². The number of carboxylic acids is 1. The maximum Gasteiger partial charge on any atom is 0.329 e. The van der Waals surface area contributed by atoms with Crippen LogP contribution in [-0.4, -0.2) is 50.0 Å². The number of amides is 1. The molecule has 1 heterocycles. The Balaban J connectivity index is 2.02. The highest BCUT2D eigenvalue weighted by Crippen LogP contribution is 2.12. The molecule has 0 radical (unpaired) electrons. The molecular weight excluding hydrogens is 214 g/mol. The Morgan fingerprint density at radius 3 is 2.62 bits per heavy atom. The van der Waals surface area contributed by atoms with Crippen molar-refractivity contribution in [3.63, 3.8) is 0 Å². The lowest BCUT2D eigenvalue weighted by molar-refractivity contribution is -0.143. The van der Waals surface area contributed by atoms with E-state index < -0.39 is 12.6 Å². The number of rotatable bonds is 6. The summed E-state index contributed by atoms with van der Waals surface area (Å²) < 4.78 is 9.86. The van der Waals surface area contributed by atoms with Crippen LogP contribution in [0.4, 0.5) is 0 Å². The quantitative estimate of drug-likeness (QED) is 0.651. The lowest BCUT2D eigenvalue weighted by Gasteiger charge is -2.22. The van der Waals surface area contributed by atoms with E-state index in [4.69, 9.17) is 9.84 Å². The van der Waals surface area contributed by atoms with Crippen LogP contribution in [0, 0.1) is 5.92 Å². The van der Waals surface area contributed by atoms with Crippen LogP contribution in [0.15, 0.2) is 0 Å². The van der Waals surface area contributed by atoms with Crippen LogP contribution in [-0.2, 0) is 19.1 Å². The Hall–Kier alpha value is -1.14. The molecule has 1 rings (SSSR count). The zero-order valence-corrected chi connectivity index (χ0v) is 9.11. The number of hydrogen-bond acceptors (Lipinski definition) is 4. The van der Waals surface area contributed by atoms with Crippen LogP contribution in [0.3, 0.4) is 0 Å². The minimum atomic E-state index is -1.07. The maximum atomic E-state index is 11.2. The Labute approximate surface area is 93.9 Å². The van der Waals surface area contributed by atoms with E-state index in [9.17, 15) is 9.59 Å². The van der Waals surface area contributed by atoms with Crippen molar-refractivity contribution in [3.05, 3.63) is 0 Å². The molecule has 6 heteroatoms. The molecule has 0 spiro atoms. The fourth-order valence-corrected chi connectivity index (χ4v) is 1.49. The number of aliphatic carboxylic acids is 1. The predicted molar refractivity (Wildman–Crippen MR) is 55.0 cm³/mol. The van der Waals surface area contributed by atoms with Crippen molar-refractivity contribution in [2.45, 2.75) is 12.8 Å². The van der Waals surface area contributed by atoms with Crippen molar-refractivity contribution in [3.8, 4) is 0 Å². The van der Waals surface area contributed by atoms with Gasteiger partial charge in [0.25, 0.3) is 0 Å². The molecule has 0 aliphatic carbocycles. The van der Waals surface area contributed by atoms with E-state index in [1.54, 1.807) is 0 Å². The highest BCUT2D eigenvalue weighted by Gasteiger charge is 2.14. The fraction of sp³-hybridized carbons (Fsp3) is 0.800. The van der Waals surface area contributed by atoms with E-state index in [-0.39, 0.29) is 12.5 Å². The summed E-state index contributed by atoms with van der Waals surface area (Å²) in [5, 5.41) is 11.0. The molecule has 0 bridgehead atoms. The standard InChI is InChI=1S/C10H17NO5/c12-9(6-16-7-10(13)14)11-5-8-1-3-15-4-2-8/h8H,1-7H2,(H,11,12)(H,13,14). The second kappa shape index (κ2) is 7.19. The van der Waals surface area contributed by atoms with Gasteiger partial charge in [-0.05, 0) is 18.8 Å². The summed E-state index contributed by atoms with van der Waals surface area (Å²) in [4.78, 5) is 21.3. The van der Waals surface area contributed by atoms with Crippen LogP contribution in [0.2, 0.25) is 0 Å². The predicted octanol–water partition coefficient (Wildman–Crippen LogP) is -0.370. The van der Waals surface area contributed by atoms with Crippen molar-refractivity contribution >= 4 is 11.9 Å². The summed E-state index contributed by atoms with van der Waals surface area (Å²) in [5.74, 6) is -0.887. The summed E-state index contributed by atoms with van der Waals surface area (Å²) in [6, 6.07) is 0. The van der Waals surface area contributed by atoms with Crippen molar-refractivity contribution in [1.82, 2.24) is 5.32 Å². The zero-order valence-electron chi connectivity index (χ0n) is 9.11. The van der Waals surface area contributed by atoms with Gasteiger partial charge in [-0.25, -0.2) is 4.79 Å². The van der Waals surface area contributed by atoms with Gasteiger partial charge in [0.2, 0.25) is 5.91 Å². The number of carbonyl (C=O) groups excluding carboxylic acids is 1. The largest absolute Gasteiger partial charge is 0.480 e. The first-order valence-corrected chi connectivity index (χ1v) is 5.32. The molecule has 1 amide bonds. The molecule has 0 atom stereocenters. The van der Waals surface area contributed by atoms with Crippen molar-refractivity contribution in [1.29, 1.82) is 0 Å². The first-order chi connectivity index (χ1) is 7.68. The molecule has 0 aromatic rings. The van der Waals surface area contributed by atoms with Gasteiger partial charge < -0.3 is 19.9 Å². The number of ether oxygens (including phenoxy) is 2. The summed E-state index contributed by atoms with van der Waals surface area (Å²) in [7, 11) is 0. The Bertz CT molecular complexity index is 237. The highest BCUT2D eigenvalue weighted by atomic mass is 16.5. The Kier molecular flexibility index (Phi) is 5.81. The molecular formula is C10H17NO5. The van der Waals surface area contributed by atoms with E-state index in [1.165, 1.54) is 0 Å². The van der Waals surface area contributed by atoms with Crippen LogP contribution in [0.5, 0.6) is 0 Å². The van der Waals surface area contributed by atoms with E-state index >= 15 is 0 Å². The molecule has 0 unspecified atom stereocenters. The SMILES string of the molecule is O=C(O)COCC(=O)NCC1CCOCC1. The second-order valence-corrected chi connectivity index (χ2v) is 3.75. The van der Waals surface area contributed by atoms with E-state index in [0.717, 1.165) is 26.1 Å². The molecule has 0 aromatic heterocycles. The van der Waals surface area contributed by atoms with E-state index in [0.29, 0.717) is 12.5 Å². The number of carbonyl (C=O) groups is 2. The minimum Gasteiger partial charge on any atom is -0.480 e. The van der Waals surface area contributed by atoms with Gasteiger partial charge in [0.15, 0.2) is 0 Å². The molecule has 0 saturated carbocycles. The molecule has 1 saturated heterocycles. The van der Waals surface area contributed by atoms with Crippen LogP contribution >= 0.6 is 0 Å². The summed E-state index contributed by atoms with van der Waals surface area (Å²) in [5.41, 5.74) is 0. The smallest absolute Gasteiger partial charge is 0.329 e. The monoisotopic (exact) mass is 231 g/mol. The molecule has 6 nitrogen and oxygen atoms in total. The molecule has 16 heavy (non-hydrogen) atoms. The number of nitrogens with one attached hydrogen (secondary N) is 1. The summed E-state index contributed by atoms with van der Waals surface area (Å²) >= 11 is 0. The summed E-state index contributed by atoms with van der Waals surface area (Å²) in [6.07, 6.45) is 1.91. The molecule has 0 aromatic carbocycles. The first-order valence-electron chi connectivity index (χ1n) is 5.32. The van der Waals surface area contributed by atoms with Gasteiger partial charge in [-0.15, -0.1) is 0 Å². The third kappa shape index (κ3) is 5.67. The Morgan fingerprint density at radius 1 is 1.31 bits per heavy atom. The molecule has 1 aliphatic heterocycles. The third-order valence-electron chi connectivity index (χ3n) is 2.39. The average Bonchev–Trinajstić information content (AvgIpc) is 2.27. The minimum absolute atomic E-state index is 0.199. The lowest BCUT2D eigenvalue weighted by atomic mass is 10.0. The van der Waals surface area contributed by atoms with Gasteiger partial charge in [-0.3, -0.25) is 4.79 Å². The second-order valence-electron chi connectivity index (χ2n) is 3.75. The van der Waals surface area contributed by atoms with Gasteiger partial charge in [0, 0.05) is 19.8 Å². The number of hydrogen-bond donors (Lipinski definition) is 2. The van der Waals surface area contributed by atoms with E-state index in [1.807, 2.05) is 0 Å². The zero-order chi connectivity index (χ0) is 11.8. The Morgan fingerprint density at radius 2 is 2.00 bits per heavy atom. The molecule has 2 N–H and O–H groups in total. The van der Waals surface area contributed by atoms with Gasteiger partial charge in [-0.2, -0.15) is 0 Å². The van der Waals surface area contributed by atoms with Crippen molar-refractivity contribution in [2.75, 3.05) is 33.0 Å². The third-order valence-corrected chi connectivity index (χ3v) is 2.39.